The molecule has 0 spiro atoms. The SMILES string of the molecule is CCC(C#N)C(=O)N1CCN(C)C(CC)C1. The fourth-order valence-electron chi connectivity index (χ4n) is 2.13. The Kier molecular flexibility index (Phi) is 4.75. The smallest absolute Gasteiger partial charge is 0.240 e. The van der Waals surface area contributed by atoms with Crippen LogP contribution >= 0.6 is 0 Å². The van der Waals surface area contributed by atoms with Crippen molar-refractivity contribution in [2.45, 2.75) is 32.7 Å². The molecule has 0 radical (unpaired) electrons. The summed E-state index contributed by atoms with van der Waals surface area (Å²) in [4.78, 5) is 16.2. The molecule has 90 valence electrons. The number of carbonyl (C=O) groups excluding carboxylic acids is 1. The van der Waals surface area contributed by atoms with Gasteiger partial charge >= 0.3 is 0 Å². The third kappa shape index (κ3) is 2.73. The van der Waals surface area contributed by atoms with Gasteiger partial charge in [0.25, 0.3) is 0 Å². The zero-order chi connectivity index (χ0) is 12.1. The van der Waals surface area contributed by atoms with E-state index in [-0.39, 0.29) is 5.91 Å². The van der Waals surface area contributed by atoms with Crippen LogP contribution in [-0.4, -0.2) is 48.4 Å². The first-order chi connectivity index (χ1) is 7.63. The first kappa shape index (κ1) is 13.0. The fourth-order valence-corrected chi connectivity index (χ4v) is 2.13. The molecular weight excluding hydrogens is 202 g/mol. The Hall–Kier alpha value is -1.08. The topological polar surface area (TPSA) is 47.3 Å². The van der Waals surface area contributed by atoms with Gasteiger partial charge in [-0.05, 0) is 19.9 Å². The van der Waals surface area contributed by atoms with E-state index in [4.69, 9.17) is 5.26 Å². The Morgan fingerprint density at radius 3 is 2.69 bits per heavy atom. The van der Waals surface area contributed by atoms with Crippen LogP contribution in [0.25, 0.3) is 0 Å². The van der Waals surface area contributed by atoms with Gasteiger partial charge in [0, 0.05) is 25.7 Å². The van der Waals surface area contributed by atoms with E-state index in [1.54, 1.807) is 0 Å². The van der Waals surface area contributed by atoms with Gasteiger partial charge in [0.1, 0.15) is 5.92 Å². The summed E-state index contributed by atoms with van der Waals surface area (Å²) in [6, 6.07) is 2.53. The van der Waals surface area contributed by atoms with Gasteiger partial charge in [0.05, 0.1) is 6.07 Å². The van der Waals surface area contributed by atoms with Crippen molar-refractivity contribution < 1.29 is 4.79 Å². The van der Waals surface area contributed by atoms with E-state index >= 15 is 0 Å². The zero-order valence-electron chi connectivity index (χ0n) is 10.4. The van der Waals surface area contributed by atoms with E-state index in [0.29, 0.717) is 12.5 Å². The van der Waals surface area contributed by atoms with Crippen LogP contribution in [-0.2, 0) is 4.79 Å². The lowest BCUT2D eigenvalue weighted by molar-refractivity contribution is -0.136. The van der Waals surface area contributed by atoms with Gasteiger partial charge in [-0.3, -0.25) is 9.69 Å². The Labute approximate surface area is 97.8 Å². The molecule has 16 heavy (non-hydrogen) atoms. The van der Waals surface area contributed by atoms with E-state index < -0.39 is 5.92 Å². The van der Waals surface area contributed by atoms with Crippen molar-refractivity contribution in [1.82, 2.24) is 9.80 Å². The van der Waals surface area contributed by atoms with Gasteiger partial charge in [-0.25, -0.2) is 0 Å². The van der Waals surface area contributed by atoms with Crippen molar-refractivity contribution in [2.75, 3.05) is 26.7 Å². The van der Waals surface area contributed by atoms with Gasteiger partial charge in [0.15, 0.2) is 0 Å². The molecule has 0 saturated carbocycles. The summed E-state index contributed by atoms with van der Waals surface area (Å²) in [5, 5.41) is 8.89. The number of nitrogens with zero attached hydrogens (tertiary/aromatic N) is 3. The molecule has 1 saturated heterocycles. The molecule has 4 heteroatoms. The second-order valence-electron chi connectivity index (χ2n) is 4.42. The van der Waals surface area contributed by atoms with Crippen molar-refractivity contribution in [3.63, 3.8) is 0 Å². The van der Waals surface area contributed by atoms with Gasteiger partial charge in [-0.15, -0.1) is 0 Å². The number of nitriles is 1. The van der Waals surface area contributed by atoms with E-state index in [1.807, 2.05) is 11.8 Å². The molecule has 2 unspecified atom stereocenters. The first-order valence-electron chi connectivity index (χ1n) is 6.02. The van der Waals surface area contributed by atoms with E-state index in [9.17, 15) is 4.79 Å². The fraction of sp³-hybridized carbons (Fsp3) is 0.833. The number of rotatable bonds is 3. The lowest BCUT2D eigenvalue weighted by Crippen LogP contribution is -2.54. The van der Waals surface area contributed by atoms with Gasteiger partial charge in [-0.1, -0.05) is 13.8 Å². The summed E-state index contributed by atoms with van der Waals surface area (Å²) in [6.07, 6.45) is 1.65. The largest absolute Gasteiger partial charge is 0.339 e. The number of likely N-dealkylation sites (N-methyl/N-ethyl adjacent to an activating group) is 1. The molecule has 1 aliphatic heterocycles. The van der Waals surface area contributed by atoms with E-state index in [1.165, 1.54) is 0 Å². The van der Waals surface area contributed by atoms with Crippen LogP contribution in [0.2, 0.25) is 0 Å². The standard InChI is InChI=1S/C12H21N3O/c1-4-10(8-13)12(16)15-7-6-14(3)11(5-2)9-15/h10-11H,4-7,9H2,1-3H3. The van der Waals surface area contributed by atoms with Crippen LogP contribution in [0.15, 0.2) is 0 Å². The van der Waals surface area contributed by atoms with Gasteiger partial charge < -0.3 is 4.90 Å². The summed E-state index contributed by atoms with van der Waals surface area (Å²) in [7, 11) is 2.09. The molecule has 0 aliphatic carbocycles. The van der Waals surface area contributed by atoms with Crippen LogP contribution in [0, 0.1) is 17.2 Å². The third-order valence-electron chi connectivity index (χ3n) is 3.42. The highest BCUT2D eigenvalue weighted by Gasteiger charge is 2.29. The molecule has 0 aromatic rings. The van der Waals surface area contributed by atoms with Gasteiger partial charge in [0.2, 0.25) is 5.91 Å². The zero-order valence-corrected chi connectivity index (χ0v) is 10.4. The summed E-state index contributed by atoms with van der Waals surface area (Å²) in [5.74, 6) is -0.447. The number of carbonyl (C=O) groups is 1. The van der Waals surface area contributed by atoms with E-state index in [0.717, 1.165) is 26.1 Å². The normalized spacial score (nSPS) is 23.9. The minimum atomic E-state index is -0.457. The summed E-state index contributed by atoms with van der Waals surface area (Å²) in [5.41, 5.74) is 0. The lowest BCUT2D eigenvalue weighted by atomic mass is 10.0. The maximum absolute atomic E-state index is 12.0. The van der Waals surface area contributed by atoms with Crippen LogP contribution < -0.4 is 0 Å². The monoisotopic (exact) mass is 223 g/mol. The third-order valence-corrected chi connectivity index (χ3v) is 3.42. The predicted octanol–water partition coefficient (Wildman–Crippen LogP) is 1.09. The number of amides is 1. The Morgan fingerprint density at radius 2 is 2.19 bits per heavy atom. The highest BCUT2D eigenvalue weighted by atomic mass is 16.2. The molecule has 1 rings (SSSR count). The minimum Gasteiger partial charge on any atom is -0.339 e. The lowest BCUT2D eigenvalue weighted by Gasteiger charge is -2.39. The molecule has 1 aliphatic rings. The summed E-state index contributed by atoms with van der Waals surface area (Å²) >= 11 is 0. The van der Waals surface area contributed by atoms with E-state index in [2.05, 4.69) is 24.9 Å². The number of piperazine rings is 1. The molecular formula is C12H21N3O. The van der Waals surface area contributed by atoms with Crippen molar-refractivity contribution in [3.05, 3.63) is 0 Å². The molecule has 4 nitrogen and oxygen atoms in total. The van der Waals surface area contributed by atoms with Crippen LogP contribution in [0.3, 0.4) is 0 Å². The molecule has 1 amide bonds. The average Bonchev–Trinajstić information content (AvgIpc) is 2.31. The van der Waals surface area contributed by atoms with Crippen molar-refractivity contribution in [3.8, 4) is 6.07 Å². The highest BCUT2D eigenvalue weighted by Crippen LogP contribution is 2.14. The van der Waals surface area contributed by atoms with Crippen LogP contribution in [0.1, 0.15) is 26.7 Å². The quantitative estimate of drug-likeness (QED) is 0.719. The maximum Gasteiger partial charge on any atom is 0.240 e. The summed E-state index contributed by atoms with van der Waals surface area (Å²) in [6.45, 7) is 6.45. The first-order valence-corrected chi connectivity index (χ1v) is 6.02. The molecule has 0 N–H and O–H groups in total. The molecule has 1 fully saturated rings. The van der Waals surface area contributed by atoms with Crippen molar-refractivity contribution in [1.29, 1.82) is 5.26 Å². The van der Waals surface area contributed by atoms with Crippen molar-refractivity contribution >= 4 is 5.91 Å². The number of hydrogen-bond acceptors (Lipinski definition) is 3. The molecule has 0 bridgehead atoms. The Bertz CT molecular complexity index is 284. The predicted molar refractivity (Wildman–Crippen MR) is 62.7 cm³/mol. The van der Waals surface area contributed by atoms with Crippen LogP contribution in [0.4, 0.5) is 0 Å². The molecule has 1 heterocycles. The molecule has 0 aromatic heterocycles. The molecule has 0 aromatic carbocycles. The second-order valence-corrected chi connectivity index (χ2v) is 4.42. The second kappa shape index (κ2) is 5.86. The van der Waals surface area contributed by atoms with Gasteiger partial charge in [-0.2, -0.15) is 5.26 Å². The summed E-state index contributed by atoms with van der Waals surface area (Å²) < 4.78 is 0. The molecule has 2 atom stereocenters. The Balaban J connectivity index is 2.62. The van der Waals surface area contributed by atoms with Crippen LogP contribution in [0.5, 0.6) is 0 Å². The Morgan fingerprint density at radius 1 is 1.50 bits per heavy atom. The minimum absolute atomic E-state index is 0.0107. The maximum atomic E-state index is 12.0. The van der Waals surface area contributed by atoms with Crippen molar-refractivity contribution in [2.24, 2.45) is 5.92 Å². The average molecular weight is 223 g/mol. The number of hydrogen-bond donors (Lipinski definition) is 0. The highest BCUT2D eigenvalue weighted by molar-refractivity contribution is 5.81.